The summed E-state index contributed by atoms with van der Waals surface area (Å²) in [5, 5.41) is 30.9. The van der Waals surface area contributed by atoms with Gasteiger partial charge in [0.2, 0.25) is 17.7 Å². The number of hydrogen-bond acceptors (Lipinski definition) is 8. The Kier molecular flexibility index (Phi) is 12.8. The fourth-order valence-corrected chi connectivity index (χ4v) is 4.77. The van der Waals surface area contributed by atoms with E-state index in [2.05, 4.69) is 20.4 Å². The summed E-state index contributed by atoms with van der Waals surface area (Å²) in [5.74, 6) is -9.23. The molecule has 0 aromatic heterocycles. The summed E-state index contributed by atoms with van der Waals surface area (Å²) in [7, 11) is 0. The Labute approximate surface area is 277 Å². The molecule has 0 unspecified atom stereocenters. The molecule has 0 radical (unpaired) electrons. The molecule has 0 bridgehead atoms. The number of nitrogen functional groups attached to an aromatic ring is 1. The third-order valence-electron chi connectivity index (χ3n) is 7.20. The van der Waals surface area contributed by atoms with Crippen LogP contribution in [0.2, 0.25) is 0 Å². The molecule has 14 nitrogen and oxygen atoms in total. The number of hydrogen-bond donors (Lipinski definition) is 8. The molecule has 49 heavy (non-hydrogen) atoms. The zero-order valence-corrected chi connectivity index (χ0v) is 25.9. The number of guanidine groups is 1. The largest absolute Gasteiger partial charge is 0.491 e. The van der Waals surface area contributed by atoms with Crippen molar-refractivity contribution in [1.82, 2.24) is 10.6 Å². The van der Waals surface area contributed by atoms with E-state index < -0.39 is 60.2 Å². The van der Waals surface area contributed by atoms with E-state index in [0.29, 0.717) is 16.7 Å². The molecule has 0 saturated heterocycles. The highest BCUT2D eigenvalue weighted by Crippen LogP contribution is 2.27. The van der Waals surface area contributed by atoms with Crippen LogP contribution in [0.5, 0.6) is 0 Å². The van der Waals surface area contributed by atoms with Gasteiger partial charge in [0, 0.05) is 12.1 Å². The van der Waals surface area contributed by atoms with E-state index >= 15 is 0 Å². The first-order valence-corrected chi connectivity index (χ1v) is 14.7. The third kappa shape index (κ3) is 11.3. The number of fused-ring (bicyclic) bond motifs is 1. The van der Waals surface area contributed by atoms with Crippen molar-refractivity contribution in [3.05, 3.63) is 83.4 Å². The number of esters is 1. The zero-order chi connectivity index (χ0) is 36.3. The van der Waals surface area contributed by atoms with E-state index in [1.807, 2.05) is 12.1 Å². The number of nitrogens with one attached hydrogen (secondary N) is 4. The van der Waals surface area contributed by atoms with E-state index in [9.17, 15) is 37.5 Å². The minimum absolute atomic E-state index is 0.00399. The number of nitrogens with two attached hydrogens (primary N) is 3. The van der Waals surface area contributed by atoms with Gasteiger partial charge in [0.1, 0.15) is 17.9 Å². The van der Waals surface area contributed by atoms with Gasteiger partial charge in [0.15, 0.2) is 5.96 Å². The highest BCUT2D eigenvalue weighted by Gasteiger charge is 2.43. The highest BCUT2D eigenvalue weighted by molar-refractivity contribution is 6.00. The van der Waals surface area contributed by atoms with Crippen LogP contribution in [0.1, 0.15) is 41.9 Å². The summed E-state index contributed by atoms with van der Waals surface area (Å²) < 4.78 is 44.5. The van der Waals surface area contributed by atoms with Crippen molar-refractivity contribution in [1.29, 1.82) is 10.8 Å². The normalized spacial score (nSPS) is 13.5. The van der Waals surface area contributed by atoms with E-state index in [-0.39, 0.29) is 37.6 Å². The van der Waals surface area contributed by atoms with Crippen molar-refractivity contribution in [2.75, 3.05) is 6.54 Å². The van der Waals surface area contributed by atoms with Gasteiger partial charge in [0.25, 0.3) is 0 Å². The number of carbonyl (C=O) groups is 4. The van der Waals surface area contributed by atoms with Gasteiger partial charge in [-0.15, -0.1) is 0 Å². The molecule has 0 spiro atoms. The lowest BCUT2D eigenvalue weighted by atomic mass is 9.89. The second-order valence-corrected chi connectivity index (χ2v) is 10.9. The average Bonchev–Trinajstić information content (AvgIpc) is 3.03. The standard InChI is InChI=1S/C32H35F3N8O6/c33-32(34,35)30(48)49-29(43-23(27(38)46)6-3-13-41-31(39)40)24(16-25(44)45)42-28(47)22(14-17-7-9-19(10-8-17)26(36)37)21-12-11-18-4-1-2-5-20(18)15-21/h1-2,4-5,7-12,15,22-24H,3,6,13-14,16H2,(H3,36,37)(H2,38,46)(H,42,47)(H,44,45)(H4,39,40,41)/t22-,23-,24-/m0/s1. The Morgan fingerprint density at radius 2 is 1.59 bits per heavy atom. The predicted octanol–water partition coefficient (Wildman–Crippen LogP) is 2.03. The van der Waals surface area contributed by atoms with Crippen LogP contribution in [0.4, 0.5) is 13.2 Å². The molecule has 3 rings (SSSR count). The molecule has 3 atom stereocenters. The number of carboxylic acids is 1. The molecule has 260 valence electrons. The molecule has 0 aliphatic carbocycles. The molecular weight excluding hydrogens is 649 g/mol. The molecule has 0 aliphatic rings. The second kappa shape index (κ2) is 16.7. The number of carboxylic acid groups (broad SMARTS) is 1. The second-order valence-electron chi connectivity index (χ2n) is 10.9. The van der Waals surface area contributed by atoms with Crippen LogP contribution in [0.15, 0.2) is 71.7 Å². The number of benzene rings is 3. The van der Waals surface area contributed by atoms with E-state index in [1.165, 1.54) is 0 Å². The van der Waals surface area contributed by atoms with Crippen LogP contribution in [0, 0.1) is 10.8 Å². The van der Waals surface area contributed by atoms with Crippen molar-refractivity contribution >= 4 is 52.2 Å². The number of aliphatic imine (C=N–C) groups is 1. The van der Waals surface area contributed by atoms with E-state index in [1.54, 1.807) is 54.6 Å². The lowest BCUT2D eigenvalue weighted by Crippen LogP contribution is -2.48. The predicted molar refractivity (Wildman–Crippen MR) is 174 cm³/mol. The molecule has 17 heteroatoms. The Morgan fingerprint density at radius 1 is 0.939 bits per heavy atom. The smallest absolute Gasteiger partial charge is 0.481 e. The minimum atomic E-state index is -5.55. The number of carbonyl (C=O) groups excluding carboxylic acids is 3. The van der Waals surface area contributed by atoms with Gasteiger partial charge in [0.05, 0.1) is 12.3 Å². The van der Waals surface area contributed by atoms with Crippen LogP contribution in [0.25, 0.3) is 10.8 Å². The van der Waals surface area contributed by atoms with Crippen LogP contribution in [-0.2, 0) is 30.3 Å². The highest BCUT2D eigenvalue weighted by atomic mass is 19.4. The summed E-state index contributed by atoms with van der Waals surface area (Å²) >= 11 is 0. The number of nitrogens with zero attached hydrogens (tertiary/aromatic N) is 1. The Hall–Kier alpha value is -6.00. The quantitative estimate of drug-likeness (QED) is 0.0503. The number of amides is 2. The lowest BCUT2D eigenvalue weighted by Gasteiger charge is -2.24. The topological polar surface area (TPSA) is 260 Å². The molecule has 0 saturated carbocycles. The number of ether oxygens (including phenoxy) is 1. The van der Waals surface area contributed by atoms with Crippen LogP contribution >= 0.6 is 0 Å². The van der Waals surface area contributed by atoms with Crippen LogP contribution in [-0.4, -0.2) is 71.4 Å². The molecule has 2 amide bonds. The van der Waals surface area contributed by atoms with Crippen molar-refractivity contribution in [3.63, 3.8) is 0 Å². The zero-order valence-electron chi connectivity index (χ0n) is 25.9. The first-order chi connectivity index (χ1) is 23.0. The summed E-state index contributed by atoms with van der Waals surface area (Å²) in [6, 6.07) is 15.2. The summed E-state index contributed by atoms with van der Waals surface area (Å²) in [6.07, 6.45) is -6.80. The van der Waals surface area contributed by atoms with Crippen molar-refractivity contribution in [3.8, 4) is 0 Å². The maximum absolute atomic E-state index is 14.0. The fraction of sp³-hybridized carbons (Fsp3) is 0.281. The van der Waals surface area contributed by atoms with Gasteiger partial charge in [-0.1, -0.05) is 66.7 Å². The van der Waals surface area contributed by atoms with E-state index in [4.69, 9.17) is 28.0 Å². The van der Waals surface area contributed by atoms with Crippen LogP contribution < -0.4 is 27.8 Å². The molecule has 3 aromatic rings. The van der Waals surface area contributed by atoms with Crippen molar-refractivity contribution < 1.29 is 42.2 Å². The van der Waals surface area contributed by atoms with Gasteiger partial charge < -0.3 is 37.7 Å². The van der Waals surface area contributed by atoms with Crippen molar-refractivity contribution in [2.24, 2.45) is 22.2 Å². The number of alkyl halides is 3. The van der Waals surface area contributed by atoms with Crippen LogP contribution in [0.3, 0.4) is 0 Å². The summed E-state index contributed by atoms with van der Waals surface area (Å²) in [6.45, 7) is 0.0441. The fourth-order valence-electron chi connectivity index (χ4n) is 4.77. The molecular formula is C32H35F3N8O6. The van der Waals surface area contributed by atoms with Crippen molar-refractivity contribution in [2.45, 2.75) is 49.9 Å². The lowest BCUT2D eigenvalue weighted by molar-refractivity contribution is -0.191. The Balaban J connectivity index is 2.07. The maximum atomic E-state index is 14.0. The SMILES string of the molecule is N=C(N)NCCC[C@H](N=C(OC(=O)C(F)(F)F)[C@H](CC(=O)O)NC(=O)[C@@H](Cc1ccc(C(=N)N)cc1)c1ccc2ccccc2c1)C(N)=O. The summed E-state index contributed by atoms with van der Waals surface area (Å²) in [4.78, 5) is 53.9. The first kappa shape index (κ1) is 37.5. The number of rotatable bonds is 15. The van der Waals surface area contributed by atoms with Gasteiger partial charge in [-0.3, -0.25) is 25.2 Å². The first-order valence-electron chi connectivity index (χ1n) is 14.7. The number of amidine groups is 1. The van der Waals surface area contributed by atoms with Gasteiger partial charge in [-0.2, -0.15) is 13.2 Å². The Bertz CT molecular complexity index is 1750. The Morgan fingerprint density at radius 3 is 2.16 bits per heavy atom. The monoisotopic (exact) mass is 684 g/mol. The summed E-state index contributed by atoms with van der Waals surface area (Å²) in [5.41, 5.74) is 17.7. The molecule has 0 fully saturated rings. The number of aliphatic carboxylic acids is 1. The van der Waals surface area contributed by atoms with Gasteiger partial charge in [-0.05, 0) is 41.2 Å². The minimum Gasteiger partial charge on any atom is -0.481 e. The maximum Gasteiger partial charge on any atom is 0.491 e. The average molecular weight is 685 g/mol. The molecule has 0 heterocycles. The number of halogens is 3. The molecule has 0 aliphatic heterocycles. The van der Waals surface area contributed by atoms with Gasteiger partial charge >= 0.3 is 18.1 Å². The number of primary amides is 1. The van der Waals surface area contributed by atoms with E-state index in [0.717, 1.165) is 10.8 Å². The van der Waals surface area contributed by atoms with Gasteiger partial charge in [-0.25, -0.2) is 9.79 Å². The molecule has 3 aromatic carbocycles. The third-order valence-corrected chi connectivity index (χ3v) is 7.20. The molecule has 11 N–H and O–H groups in total.